The first-order valence-electron chi connectivity index (χ1n) is 7.84. The summed E-state index contributed by atoms with van der Waals surface area (Å²) >= 11 is 0. The molecule has 0 aromatic carbocycles. The second-order valence-corrected chi connectivity index (χ2v) is 7.11. The predicted molar refractivity (Wildman–Crippen MR) is 73.9 cm³/mol. The van der Waals surface area contributed by atoms with Gasteiger partial charge < -0.3 is 9.47 Å². The van der Waals surface area contributed by atoms with Crippen molar-refractivity contribution in [1.29, 1.82) is 0 Å². The average molecular weight is 432 g/mol. The molecule has 0 aromatic heterocycles. The standard InChI is InChI=1S/C15H17F9O4/c1-6(2)7(3)9(25)27-11(4)5-12(17,18)13(14(19,20)21,15(22,23)24)28-10(26)8(11)16/h6-8H,5H2,1-4H3. The minimum Gasteiger partial charge on any atom is -0.455 e. The number of cyclic esters (lactones) is 1. The zero-order valence-corrected chi connectivity index (χ0v) is 15.0. The van der Waals surface area contributed by atoms with E-state index in [0.717, 1.165) is 0 Å². The Balaban J connectivity index is 3.57. The number of alkyl halides is 9. The van der Waals surface area contributed by atoms with Crippen LogP contribution in [0, 0.1) is 11.8 Å². The molecule has 164 valence electrons. The van der Waals surface area contributed by atoms with E-state index in [1.54, 1.807) is 0 Å². The number of hydrogen-bond acceptors (Lipinski definition) is 4. The Hall–Kier alpha value is -1.69. The quantitative estimate of drug-likeness (QED) is 0.491. The van der Waals surface area contributed by atoms with Crippen LogP contribution in [0.25, 0.3) is 0 Å². The monoisotopic (exact) mass is 432 g/mol. The smallest absolute Gasteiger partial charge is 0.444 e. The van der Waals surface area contributed by atoms with Gasteiger partial charge in [-0.2, -0.15) is 26.3 Å². The fourth-order valence-electron chi connectivity index (χ4n) is 2.56. The van der Waals surface area contributed by atoms with Gasteiger partial charge in [-0.25, -0.2) is 18.0 Å². The van der Waals surface area contributed by atoms with E-state index >= 15 is 0 Å². The van der Waals surface area contributed by atoms with Crippen molar-refractivity contribution in [3.63, 3.8) is 0 Å². The van der Waals surface area contributed by atoms with Crippen molar-refractivity contribution in [1.82, 2.24) is 0 Å². The van der Waals surface area contributed by atoms with Crippen LogP contribution in [-0.2, 0) is 19.1 Å². The molecule has 3 atom stereocenters. The van der Waals surface area contributed by atoms with E-state index in [4.69, 9.17) is 0 Å². The van der Waals surface area contributed by atoms with Crippen LogP contribution in [0.5, 0.6) is 0 Å². The molecule has 0 saturated carbocycles. The van der Waals surface area contributed by atoms with Gasteiger partial charge in [-0.05, 0) is 12.8 Å². The molecule has 1 saturated heterocycles. The topological polar surface area (TPSA) is 52.6 Å². The van der Waals surface area contributed by atoms with Gasteiger partial charge in [-0.1, -0.05) is 20.8 Å². The Morgan fingerprint density at radius 3 is 1.89 bits per heavy atom. The minimum absolute atomic E-state index is 0.306. The van der Waals surface area contributed by atoms with E-state index in [0.29, 0.717) is 6.92 Å². The van der Waals surface area contributed by atoms with Crippen molar-refractivity contribution in [3.05, 3.63) is 0 Å². The van der Waals surface area contributed by atoms with Crippen LogP contribution in [-0.4, -0.2) is 47.6 Å². The Morgan fingerprint density at radius 1 is 1.11 bits per heavy atom. The highest BCUT2D eigenvalue weighted by atomic mass is 19.4. The van der Waals surface area contributed by atoms with Gasteiger partial charge in [-0.3, -0.25) is 4.79 Å². The van der Waals surface area contributed by atoms with Gasteiger partial charge in [0.1, 0.15) is 0 Å². The van der Waals surface area contributed by atoms with E-state index in [1.165, 1.54) is 20.8 Å². The van der Waals surface area contributed by atoms with E-state index in [9.17, 15) is 49.1 Å². The van der Waals surface area contributed by atoms with E-state index in [1.807, 2.05) is 0 Å². The number of rotatable bonds is 3. The SMILES string of the molecule is CC(C)C(C)C(=O)OC1(C)CC(F)(F)C(C(F)(F)F)(C(F)(F)F)OC(=O)C1F. The molecule has 0 amide bonds. The van der Waals surface area contributed by atoms with Crippen molar-refractivity contribution < 1.29 is 58.6 Å². The van der Waals surface area contributed by atoms with Gasteiger partial charge in [-0.15, -0.1) is 0 Å². The lowest BCUT2D eigenvalue weighted by molar-refractivity contribution is -0.421. The summed E-state index contributed by atoms with van der Waals surface area (Å²) in [4.78, 5) is 23.5. The molecular weight excluding hydrogens is 415 g/mol. The summed E-state index contributed by atoms with van der Waals surface area (Å²) in [6.07, 6.45) is -19.8. The lowest BCUT2D eigenvalue weighted by Crippen LogP contribution is -2.69. The molecule has 1 aliphatic rings. The van der Waals surface area contributed by atoms with E-state index in [2.05, 4.69) is 9.47 Å². The summed E-state index contributed by atoms with van der Waals surface area (Å²) in [5.41, 5.74) is -9.64. The number of hydrogen-bond donors (Lipinski definition) is 0. The van der Waals surface area contributed by atoms with Crippen molar-refractivity contribution in [2.24, 2.45) is 11.8 Å². The summed E-state index contributed by atoms with van der Waals surface area (Å²) in [6, 6.07) is 0. The number of esters is 2. The molecule has 0 radical (unpaired) electrons. The molecule has 0 bridgehead atoms. The highest BCUT2D eigenvalue weighted by molar-refractivity contribution is 5.79. The number of ether oxygens (including phenoxy) is 2. The maximum atomic E-state index is 14.4. The van der Waals surface area contributed by atoms with Crippen molar-refractivity contribution in [3.8, 4) is 0 Å². The highest BCUT2D eigenvalue weighted by Crippen LogP contribution is 2.58. The molecule has 4 nitrogen and oxygen atoms in total. The molecule has 1 fully saturated rings. The highest BCUT2D eigenvalue weighted by Gasteiger charge is 2.88. The minimum atomic E-state index is -6.84. The molecule has 1 rings (SSSR count). The summed E-state index contributed by atoms with van der Waals surface area (Å²) in [7, 11) is 0. The Morgan fingerprint density at radius 2 is 1.54 bits per heavy atom. The fraction of sp³-hybridized carbons (Fsp3) is 0.867. The third-order valence-electron chi connectivity index (χ3n) is 4.59. The molecule has 0 spiro atoms. The van der Waals surface area contributed by atoms with Crippen LogP contribution >= 0.6 is 0 Å². The summed E-state index contributed by atoms with van der Waals surface area (Å²) < 4.78 is 129. The van der Waals surface area contributed by atoms with Crippen LogP contribution in [0.1, 0.15) is 34.1 Å². The first-order valence-corrected chi connectivity index (χ1v) is 7.84. The molecular formula is C15H17F9O4. The van der Waals surface area contributed by atoms with Gasteiger partial charge >= 0.3 is 35.8 Å². The lowest BCUT2D eigenvalue weighted by atomic mass is 9.84. The summed E-state index contributed by atoms with van der Waals surface area (Å²) in [5, 5.41) is 0. The zero-order chi connectivity index (χ0) is 22.5. The van der Waals surface area contributed by atoms with Crippen molar-refractivity contribution in [2.75, 3.05) is 0 Å². The zero-order valence-electron chi connectivity index (χ0n) is 15.0. The molecule has 0 N–H and O–H groups in total. The van der Waals surface area contributed by atoms with Crippen LogP contribution in [0.2, 0.25) is 0 Å². The molecule has 1 heterocycles. The van der Waals surface area contributed by atoms with Gasteiger partial charge in [0.05, 0.1) is 12.3 Å². The van der Waals surface area contributed by atoms with Crippen molar-refractivity contribution >= 4 is 11.9 Å². The molecule has 28 heavy (non-hydrogen) atoms. The van der Waals surface area contributed by atoms with Crippen LogP contribution in [0.15, 0.2) is 0 Å². The van der Waals surface area contributed by atoms with Gasteiger partial charge in [0, 0.05) is 0 Å². The fourth-order valence-corrected chi connectivity index (χ4v) is 2.56. The van der Waals surface area contributed by atoms with Crippen LogP contribution < -0.4 is 0 Å². The Bertz CT molecular complexity index is 612. The predicted octanol–water partition coefficient (Wildman–Crippen LogP) is 4.36. The summed E-state index contributed by atoms with van der Waals surface area (Å²) in [6.45, 7) is 4.46. The molecule has 0 aromatic rings. The van der Waals surface area contributed by atoms with Gasteiger partial charge in [0.25, 0.3) is 0 Å². The van der Waals surface area contributed by atoms with E-state index in [-0.39, 0.29) is 0 Å². The first kappa shape index (κ1) is 24.3. The number of halogens is 9. The van der Waals surface area contributed by atoms with Crippen LogP contribution in [0.3, 0.4) is 0 Å². The lowest BCUT2D eigenvalue weighted by Gasteiger charge is -2.40. The number of carbonyl (C=O) groups is 2. The summed E-state index contributed by atoms with van der Waals surface area (Å²) in [5.74, 6) is -11.7. The maximum absolute atomic E-state index is 14.4. The second-order valence-electron chi connectivity index (χ2n) is 7.11. The normalized spacial score (nSPS) is 29.1. The molecule has 13 heteroatoms. The Kier molecular flexibility index (Phi) is 6.06. The maximum Gasteiger partial charge on any atom is 0.444 e. The van der Waals surface area contributed by atoms with E-state index < -0.39 is 65.8 Å². The Labute approximate surface area is 153 Å². The van der Waals surface area contributed by atoms with Crippen LogP contribution in [0.4, 0.5) is 39.5 Å². The third-order valence-corrected chi connectivity index (χ3v) is 4.59. The van der Waals surface area contributed by atoms with Crippen molar-refractivity contribution in [2.45, 2.75) is 69.8 Å². The van der Waals surface area contributed by atoms with Gasteiger partial charge in [0.2, 0.25) is 6.17 Å². The first-order chi connectivity index (χ1) is 12.2. The molecule has 0 aliphatic carbocycles. The van der Waals surface area contributed by atoms with Gasteiger partial charge in [0.15, 0.2) is 5.60 Å². The second kappa shape index (κ2) is 6.97. The number of carbonyl (C=O) groups excluding carboxylic acids is 2. The largest absolute Gasteiger partial charge is 0.455 e. The third kappa shape index (κ3) is 3.76. The molecule has 3 unspecified atom stereocenters. The molecule has 1 aliphatic heterocycles. The average Bonchev–Trinajstić information content (AvgIpc) is 2.51.